The first-order valence-electron chi connectivity index (χ1n) is 5.57. The summed E-state index contributed by atoms with van der Waals surface area (Å²) < 4.78 is 6.60. The number of hydrogen-bond acceptors (Lipinski definition) is 5. The maximum absolute atomic E-state index is 11.9. The van der Waals surface area contributed by atoms with Crippen molar-refractivity contribution in [2.45, 2.75) is 12.8 Å². The van der Waals surface area contributed by atoms with Crippen LogP contribution >= 0.6 is 0 Å². The zero-order valence-corrected chi connectivity index (χ0v) is 10.3. The van der Waals surface area contributed by atoms with E-state index in [-0.39, 0.29) is 5.78 Å². The van der Waals surface area contributed by atoms with Crippen LogP contribution in [0, 0.1) is 0 Å². The van der Waals surface area contributed by atoms with Crippen LogP contribution in [-0.4, -0.2) is 32.9 Å². The van der Waals surface area contributed by atoms with Gasteiger partial charge in [0.2, 0.25) is 5.88 Å². The molecule has 0 unspecified atom stereocenters. The van der Waals surface area contributed by atoms with E-state index in [0.717, 1.165) is 5.56 Å². The van der Waals surface area contributed by atoms with Gasteiger partial charge in [-0.2, -0.15) is 5.10 Å². The van der Waals surface area contributed by atoms with Gasteiger partial charge in [-0.1, -0.05) is 0 Å². The van der Waals surface area contributed by atoms with Crippen LogP contribution in [0.1, 0.15) is 22.5 Å². The van der Waals surface area contributed by atoms with Gasteiger partial charge in [-0.25, -0.2) is 0 Å². The van der Waals surface area contributed by atoms with Crippen molar-refractivity contribution in [1.82, 2.24) is 20.0 Å². The summed E-state index contributed by atoms with van der Waals surface area (Å²) in [5, 5.41) is 11.6. The Hall–Kier alpha value is -2.24. The number of carbonyl (C=O) groups is 1. The first-order valence-corrected chi connectivity index (χ1v) is 5.57. The SMILES string of the molecule is COc1ccc(C(=O)CCc2cnn(C)c2)nn1. The van der Waals surface area contributed by atoms with E-state index in [1.54, 1.807) is 23.0 Å². The molecule has 0 saturated heterocycles. The second-order valence-electron chi connectivity index (χ2n) is 3.91. The fraction of sp³-hybridized carbons (Fsp3) is 0.333. The Morgan fingerprint density at radius 1 is 1.39 bits per heavy atom. The molecule has 0 aromatic carbocycles. The van der Waals surface area contributed by atoms with E-state index in [1.807, 2.05) is 13.2 Å². The minimum absolute atomic E-state index is 0.0333. The molecule has 0 fully saturated rings. The third-order valence-corrected chi connectivity index (χ3v) is 2.53. The molecule has 0 spiro atoms. The number of methoxy groups -OCH3 is 1. The molecule has 0 atom stereocenters. The maximum atomic E-state index is 11.9. The predicted molar refractivity (Wildman–Crippen MR) is 64.4 cm³/mol. The Morgan fingerprint density at radius 2 is 2.22 bits per heavy atom. The van der Waals surface area contributed by atoms with Gasteiger partial charge in [0.25, 0.3) is 0 Å². The molecule has 0 aliphatic rings. The minimum atomic E-state index is -0.0333. The lowest BCUT2D eigenvalue weighted by atomic mass is 10.1. The predicted octanol–water partition coefficient (Wildman–Crippen LogP) is 1.03. The Bertz CT molecular complexity index is 533. The summed E-state index contributed by atoms with van der Waals surface area (Å²) in [5.74, 6) is 0.368. The van der Waals surface area contributed by atoms with E-state index in [4.69, 9.17) is 4.74 Å². The van der Waals surface area contributed by atoms with Gasteiger partial charge in [0.05, 0.1) is 13.3 Å². The Labute approximate surface area is 105 Å². The van der Waals surface area contributed by atoms with Crippen LogP contribution in [-0.2, 0) is 13.5 Å². The van der Waals surface area contributed by atoms with Crippen LogP contribution in [0.15, 0.2) is 24.5 Å². The number of hydrogen-bond donors (Lipinski definition) is 0. The van der Waals surface area contributed by atoms with Gasteiger partial charge >= 0.3 is 0 Å². The highest BCUT2D eigenvalue weighted by Crippen LogP contribution is 2.08. The second kappa shape index (κ2) is 5.39. The van der Waals surface area contributed by atoms with Crippen molar-refractivity contribution < 1.29 is 9.53 Å². The van der Waals surface area contributed by atoms with E-state index in [2.05, 4.69) is 15.3 Å². The molecule has 6 nitrogen and oxygen atoms in total. The zero-order valence-electron chi connectivity index (χ0n) is 10.3. The van der Waals surface area contributed by atoms with Crippen molar-refractivity contribution in [2.24, 2.45) is 7.05 Å². The molecule has 2 heterocycles. The van der Waals surface area contributed by atoms with E-state index in [0.29, 0.717) is 24.4 Å². The largest absolute Gasteiger partial charge is 0.480 e. The van der Waals surface area contributed by atoms with Crippen molar-refractivity contribution in [3.8, 4) is 5.88 Å². The lowest BCUT2D eigenvalue weighted by Crippen LogP contribution is -2.05. The van der Waals surface area contributed by atoms with Crippen LogP contribution in [0.2, 0.25) is 0 Å². The Morgan fingerprint density at radius 3 is 2.78 bits per heavy atom. The van der Waals surface area contributed by atoms with Crippen LogP contribution < -0.4 is 4.74 Å². The summed E-state index contributed by atoms with van der Waals surface area (Å²) in [6.45, 7) is 0. The molecular formula is C12H14N4O2. The Kier molecular flexibility index (Phi) is 3.66. The van der Waals surface area contributed by atoms with E-state index < -0.39 is 0 Å². The van der Waals surface area contributed by atoms with Crippen molar-refractivity contribution >= 4 is 5.78 Å². The van der Waals surface area contributed by atoms with Crippen molar-refractivity contribution in [2.75, 3.05) is 7.11 Å². The molecule has 0 N–H and O–H groups in total. The zero-order chi connectivity index (χ0) is 13.0. The maximum Gasteiger partial charge on any atom is 0.233 e. The molecule has 0 amide bonds. The summed E-state index contributed by atoms with van der Waals surface area (Å²) >= 11 is 0. The highest BCUT2D eigenvalue weighted by molar-refractivity contribution is 5.94. The quantitative estimate of drug-likeness (QED) is 0.737. The minimum Gasteiger partial charge on any atom is -0.480 e. The number of nitrogens with zero attached hydrogens (tertiary/aromatic N) is 4. The van der Waals surface area contributed by atoms with Crippen molar-refractivity contribution in [3.05, 3.63) is 35.8 Å². The monoisotopic (exact) mass is 246 g/mol. The number of aryl methyl sites for hydroxylation is 2. The van der Waals surface area contributed by atoms with Gasteiger partial charge in [0.1, 0.15) is 5.69 Å². The van der Waals surface area contributed by atoms with E-state index in [1.165, 1.54) is 7.11 Å². The van der Waals surface area contributed by atoms with E-state index >= 15 is 0 Å². The number of Topliss-reactive ketones (excluding diaryl/α,β-unsaturated/α-hetero) is 1. The first-order chi connectivity index (χ1) is 8.69. The number of carbonyl (C=O) groups excluding carboxylic acids is 1. The van der Waals surface area contributed by atoms with Crippen molar-refractivity contribution in [1.29, 1.82) is 0 Å². The van der Waals surface area contributed by atoms with Crippen LogP contribution in [0.4, 0.5) is 0 Å². The topological polar surface area (TPSA) is 69.9 Å². The highest BCUT2D eigenvalue weighted by atomic mass is 16.5. The third kappa shape index (κ3) is 2.91. The Balaban J connectivity index is 1.94. The molecule has 2 aromatic rings. The van der Waals surface area contributed by atoms with Gasteiger partial charge in [-0.15, -0.1) is 10.2 Å². The molecule has 0 aliphatic heterocycles. The van der Waals surface area contributed by atoms with Crippen LogP contribution in [0.3, 0.4) is 0 Å². The summed E-state index contributed by atoms with van der Waals surface area (Å²) in [6, 6.07) is 3.25. The van der Waals surface area contributed by atoms with Gasteiger partial charge in [0, 0.05) is 25.7 Å². The van der Waals surface area contributed by atoms with Gasteiger partial charge < -0.3 is 4.74 Å². The average molecular weight is 246 g/mol. The summed E-state index contributed by atoms with van der Waals surface area (Å²) in [4.78, 5) is 11.9. The fourth-order valence-corrected chi connectivity index (χ4v) is 1.56. The molecule has 2 rings (SSSR count). The molecule has 94 valence electrons. The van der Waals surface area contributed by atoms with Crippen LogP contribution in [0.25, 0.3) is 0 Å². The molecule has 18 heavy (non-hydrogen) atoms. The average Bonchev–Trinajstić information content (AvgIpc) is 2.82. The number of ether oxygens (including phenoxy) is 1. The molecule has 0 bridgehead atoms. The highest BCUT2D eigenvalue weighted by Gasteiger charge is 2.09. The molecule has 0 saturated carbocycles. The summed E-state index contributed by atoms with van der Waals surface area (Å²) in [7, 11) is 3.36. The number of aromatic nitrogens is 4. The smallest absolute Gasteiger partial charge is 0.233 e. The summed E-state index contributed by atoms with van der Waals surface area (Å²) in [6.07, 6.45) is 4.70. The standard InChI is InChI=1S/C12H14N4O2/c1-16-8-9(7-13-16)3-5-11(17)10-4-6-12(18-2)15-14-10/h4,6-8H,3,5H2,1-2H3. The number of ketones is 1. The molecular weight excluding hydrogens is 232 g/mol. The van der Waals surface area contributed by atoms with Gasteiger partial charge in [0.15, 0.2) is 5.78 Å². The number of rotatable bonds is 5. The lowest BCUT2D eigenvalue weighted by molar-refractivity contribution is 0.0977. The van der Waals surface area contributed by atoms with Crippen molar-refractivity contribution in [3.63, 3.8) is 0 Å². The van der Waals surface area contributed by atoms with E-state index in [9.17, 15) is 4.79 Å². The van der Waals surface area contributed by atoms with Gasteiger partial charge in [-0.3, -0.25) is 9.48 Å². The molecule has 6 heteroatoms. The fourth-order valence-electron chi connectivity index (χ4n) is 1.56. The summed E-state index contributed by atoms with van der Waals surface area (Å²) in [5.41, 5.74) is 1.40. The van der Waals surface area contributed by atoms with Crippen LogP contribution in [0.5, 0.6) is 5.88 Å². The molecule has 0 aliphatic carbocycles. The molecule has 2 aromatic heterocycles. The lowest BCUT2D eigenvalue weighted by Gasteiger charge is -2.00. The first kappa shape index (κ1) is 12.2. The normalized spacial score (nSPS) is 10.3. The van der Waals surface area contributed by atoms with Gasteiger partial charge in [-0.05, 0) is 18.1 Å². The third-order valence-electron chi connectivity index (χ3n) is 2.53. The molecule has 0 radical (unpaired) electrons. The second-order valence-corrected chi connectivity index (χ2v) is 3.91.